The van der Waals surface area contributed by atoms with Crippen molar-refractivity contribution in [3.63, 3.8) is 0 Å². The first-order valence-electron chi connectivity index (χ1n) is 13.5. The number of allylic oxidation sites excluding steroid dienone is 1. The van der Waals surface area contributed by atoms with Gasteiger partial charge in [0.25, 0.3) is 0 Å². The Hall–Kier alpha value is -3.26. The number of aliphatic hydroxyl groups is 3. The first-order valence-corrected chi connectivity index (χ1v) is 13.5. The predicted octanol–water partition coefficient (Wildman–Crippen LogP) is 4.35. The van der Waals surface area contributed by atoms with Gasteiger partial charge in [0.1, 0.15) is 28.6 Å². The molecule has 0 bridgehead atoms. The van der Waals surface area contributed by atoms with Gasteiger partial charge in [-0.3, -0.25) is 19.2 Å². The molecule has 0 heterocycles. The first-order chi connectivity index (χ1) is 17.9. The molecule has 1 aromatic rings. The largest absolute Gasteiger partial charge is 0.508 e. The van der Waals surface area contributed by atoms with Crippen molar-refractivity contribution in [2.75, 3.05) is 0 Å². The Balaban J connectivity index is 2.00. The molecule has 0 spiro atoms. The molecule has 1 unspecified atom stereocenters. The van der Waals surface area contributed by atoms with E-state index in [4.69, 9.17) is 0 Å². The number of carbonyl (C=O) groups excluding carboxylic acids is 4. The molecule has 3 aliphatic rings. The maximum atomic E-state index is 14.3. The number of phenols is 1. The third-order valence-electron chi connectivity index (χ3n) is 9.01. The Kier molecular flexibility index (Phi) is 6.74. The molecule has 210 valence electrons. The van der Waals surface area contributed by atoms with E-state index in [-0.39, 0.29) is 47.8 Å². The number of carbonyl (C=O) groups is 4. The summed E-state index contributed by atoms with van der Waals surface area (Å²) in [6, 6.07) is 3.01. The van der Waals surface area contributed by atoms with E-state index >= 15 is 0 Å². The van der Waals surface area contributed by atoms with Gasteiger partial charge in [0.15, 0.2) is 17.2 Å². The van der Waals surface area contributed by atoms with E-state index in [9.17, 15) is 39.6 Å². The number of aliphatic hydroxyl groups excluding tert-OH is 2. The highest BCUT2D eigenvalue weighted by molar-refractivity contribution is 6.24. The number of rotatable bonds is 6. The summed E-state index contributed by atoms with van der Waals surface area (Å²) >= 11 is 0. The fourth-order valence-corrected chi connectivity index (χ4v) is 7.69. The minimum absolute atomic E-state index is 0.00272. The summed E-state index contributed by atoms with van der Waals surface area (Å²) < 4.78 is 0. The smallest absolute Gasteiger partial charge is 0.203 e. The summed E-state index contributed by atoms with van der Waals surface area (Å²) in [4.78, 5) is 53.0. The molecule has 8 heteroatoms. The summed E-state index contributed by atoms with van der Waals surface area (Å²) in [5, 5.41) is 45.6. The van der Waals surface area contributed by atoms with Crippen LogP contribution in [0.1, 0.15) is 78.0 Å². The summed E-state index contributed by atoms with van der Waals surface area (Å²) in [6.45, 7) is 11.8. The maximum absolute atomic E-state index is 14.3. The van der Waals surface area contributed by atoms with Crippen molar-refractivity contribution in [1.82, 2.24) is 0 Å². The number of ketones is 4. The van der Waals surface area contributed by atoms with Gasteiger partial charge in [-0.05, 0) is 48.8 Å². The Bertz CT molecular complexity index is 1380. The van der Waals surface area contributed by atoms with Gasteiger partial charge in [0, 0.05) is 35.2 Å². The van der Waals surface area contributed by atoms with Crippen LogP contribution in [0.4, 0.5) is 0 Å². The van der Waals surface area contributed by atoms with Gasteiger partial charge < -0.3 is 20.4 Å². The zero-order valence-corrected chi connectivity index (χ0v) is 23.6. The molecule has 39 heavy (non-hydrogen) atoms. The average Bonchev–Trinajstić information content (AvgIpc) is 2.77. The van der Waals surface area contributed by atoms with Crippen LogP contribution in [0.15, 0.2) is 29.0 Å². The number of Topliss-reactive ketones (excluding diaryl/α,β-unsaturated/α-hetero) is 4. The van der Waals surface area contributed by atoms with Crippen molar-refractivity contribution in [1.29, 1.82) is 0 Å². The molecule has 0 radical (unpaired) electrons. The molecule has 0 aliphatic heterocycles. The van der Waals surface area contributed by atoms with Crippen molar-refractivity contribution in [3.05, 3.63) is 45.7 Å². The minimum atomic E-state index is -2.64. The third kappa shape index (κ3) is 3.90. The van der Waals surface area contributed by atoms with Crippen LogP contribution in [0.2, 0.25) is 0 Å². The fraction of sp³-hybridized carbons (Fsp3) is 0.548. The summed E-state index contributed by atoms with van der Waals surface area (Å²) in [6.07, 6.45) is 0.625. The predicted molar refractivity (Wildman–Crippen MR) is 144 cm³/mol. The minimum Gasteiger partial charge on any atom is -0.508 e. The second kappa shape index (κ2) is 9.15. The van der Waals surface area contributed by atoms with E-state index in [1.165, 1.54) is 6.07 Å². The van der Waals surface area contributed by atoms with Gasteiger partial charge in [-0.15, -0.1) is 0 Å². The van der Waals surface area contributed by atoms with Crippen LogP contribution < -0.4 is 0 Å². The topological polar surface area (TPSA) is 149 Å². The molecule has 0 amide bonds. The van der Waals surface area contributed by atoms with Crippen LogP contribution in [-0.4, -0.2) is 49.2 Å². The van der Waals surface area contributed by atoms with Crippen molar-refractivity contribution < 1.29 is 39.6 Å². The molecule has 1 fully saturated rings. The van der Waals surface area contributed by atoms with Crippen LogP contribution >= 0.6 is 0 Å². The second-order valence-electron chi connectivity index (χ2n) is 12.9. The van der Waals surface area contributed by atoms with E-state index < -0.39 is 62.7 Å². The SMILES string of the molecule is CC(=O)C1=C(O)[C@]2(O)C(=O)C3=C(O)c4c(O)ccc(CC(=O)CC(C)C)c4C[C@]3(C)C[C@]2(C)C(C(C)C)C1=O. The number of aromatic hydroxyl groups is 1. The third-order valence-corrected chi connectivity index (χ3v) is 9.01. The van der Waals surface area contributed by atoms with E-state index in [2.05, 4.69) is 0 Å². The highest BCUT2D eigenvalue weighted by Crippen LogP contribution is 2.65. The average molecular weight is 539 g/mol. The van der Waals surface area contributed by atoms with Crippen LogP contribution in [0.25, 0.3) is 5.76 Å². The zero-order valence-electron chi connectivity index (χ0n) is 23.6. The summed E-state index contributed by atoms with van der Waals surface area (Å²) in [5.41, 5.74) is -4.87. The lowest BCUT2D eigenvalue weighted by atomic mass is 9.43. The van der Waals surface area contributed by atoms with Crippen LogP contribution in [0.5, 0.6) is 5.75 Å². The quantitative estimate of drug-likeness (QED) is 0.391. The Morgan fingerprint density at radius 3 is 2.21 bits per heavy atom. The maximum Gasteiger partial charge on any atom is 0.203 e. The highest BCUT2D eigenvalue weighted by Gasteiger charge is 2.72. The Morgan fingerprint density at radius 2 is 1.67 bits per heavy atom. The van der Waals surface area contributed by atoms with E-state index in [1.807, 2.05) is 13.8 Å². The first kappa shape index (κ1) is 28.7. The molecule has 0 aromatic heterocycles. The fourth-order valence-electron chi connectivity index (χ4n) is 7.69. The normalized spacial score (nSPS) is 30.5. The molecule has 4 atom stereocenters. The van der Waals surface area contributed by atoms with Gasteiger partial charge in [-0.25, -0.2) is 0 Å². The van der Waals surface area contributed by atoms with Crippen LogP contribution in [0.3, 0.4) is 0 Å². The van der Waals surface area contributed by atoms with Crippen molar-refractivity contribution >= 4 is 28.9 Å². The number of phenolic OH excluding ortho intramolecular Hbond substituents is 1. The van der Waals surface area contributed by atoms with Crippen LogP contribution in [0, 0.1) is 28.6 Å². The molecule has 1 saturated carbocycles. The van der Waals surface area contributed by atoms with Gasteiger partial charge in [0.05, 0.1) is 5.56 Å². The molecular weight excluding hydrogens is 500 g/mol. The molecule has 0 saturated heterocycles. The van der Waals surface area contributed by atoms with E-state index in [1.54, 1.807) is 33.8 Å². The van der Waals surface area contributed by atoms with Crippen molar-refractivity contribution in [2.45, 2.75) is 79.8 Å². The van der Waals surface area contributed by atoms with Crippen LogP contribution in [-0.2, 0) is 32.0 Å². The summed E-state index contributed by atoms with van der Waals surface area (Å²) in [7, 11) is 0. The number of hydrogen-bond donors (Lipinski definition) is 4. The zero-order chi connectivity index (χ0) is 29.4. The van der Waals surface area contributed by atoms with Gasteiger partial charge >= 0.3 is 0 Å². The molecular formula is C31H38O8. The Labute approximate surface area is 228 Å². The van der Waals surface area contributed by atoms with Gasteiger partial charge in [0.2, 0.25) is 5.78 Å². The number of fused-ring (bicyclic) bond motifs is 3. The molecule has 8 nitrogen and oxygen atoms in total. The lowest BCUT2D eigenvalue weighted by Gasteiger charge is -2.59. The standard InChI is InChI=1S/C31H38O8/c1-14(2)10-18(33)11-17-8-9-20(34)22-19(17)12-29(6)13-30(7)23(15(3)4)25(35)21(16(5)32)27(37)31(30,39)28(38)24(29)26(22)36/h8-9,14-15,23,34,36-37,39H,10-13H2,1-7H3/t23?,29-,30-,31+/m1/s1. The highest BCUT2D eigenvalue weighted by atomic mass is 16.3. The Morgan fingerprint density at radius 1 is 1.05 bits per heavy atom. The van der Waals surface area contributed by atoms with Gasteiger partial charge in [-0.2, -0.15) is 0 Å². The lowest BCUT2D eigenvalue weighted by Crippen LogP contribution is -2.69. The summed E-state index contributed by atoms with van der Waals surface area (Å²) in [5.74, 6) is -5.40. The molecule has 3 aliphatic carbocycles. The monoisotopic (exact) mass is 538 g/mol. The number of benzene rings is 1. The molecule has 4 rings (SSSR count). The number of hydrogen-bond acceptors (Lipinski definition) is 8. The second-order valence-corrected chi connectivity index (χ2v) is 12.9. The molecule has 4 N–H and O–H groups in total. The van der Waals surface area contributed by atoms with E-state index in [0.29, 0.717) is 17.5 Å². The lowest BCUT2D eigenvalue weighted by molar-refractivity contribution is -0.178. The van der Waals surface area contributed by atoms with Crippen molar-refractivity contribution in [2.24, 2.45) is 28.6 Å². The van der Waals surface area contributed by atoms with Crippen molar-refractivity contribution in [3.8, 4) is 5.75 Å². The molecule has 1 aromatic carbocycles. The van der Waals surface area contributed by atoms with Gasteiger partial charge in [-0.1, -0.05) is 47.6 Å². The van der Waals surface area contributed by atoms with E-state index in [0.717, 1.165) is 6.92 Å².